The van der Waals surface area contributed by atoms with E-state index in [4.69, 9.17) is 5.73 Å². The molecule has 5 heteroatoms. The first-order chi connectivity index (χ1) is 8.72. The molecule has 2 aromatic carbocycles. The van der Waals surface area contributed by atoms with Gasteiger partial charge in [0.1, 0.15) is 6.73 Å². The Labute approximate surface area is 102 Å². The minimum atomic E-state index is -0.475. The molecule has 90 valence electrons. The summed E-state index contributed by atoms with van der Waals surface area (Å²) in [4.78, 5) is 16.4. The van der Waals surface area contributed by atoms with E-state index < -0.39 is 6.73 Å². The van der Waals surface area contributed by atoms with Crippen LogP contribution in [0, 0.1) is 0 Å². The molecule has 0 aliphatic rings. The highest BCUT2D eigenvalue weighted by Crippen LogP contribution is 2.21. The molecule has 0 saturated heterocycles. The van der Waals surface area contributed by atoms with Gasteiger partial charge in [-0.2, -0.15) is 0 Å². The van der Waals surface area contributed by atoms with Gasteiger partial charge in [0.05, 0.1) is 10.9 Å². The lowest BCUT2D eigenvalue weighted by Gasteiger charge is -2.08. The zero-order chi connectivity index (χ0) is 12.7. The van der Waals surface area contributed by atoms with Gasteiger partial charge in [-0.05, 0) is 16.8 Å². The van der Waals surface area contributed by atoms with Crippen LogP contribution in [0.2, 0.25) is 0 Å². The highest BCUT2D eigenvalue weighted by Gasteiger charge is 2.10. The first-order valence-corrected chi connectivity index (χ1v) is 5.51. The van der Waals surface area contributed by atoms with Crippen LogP contribution >= 0.6 is 0 Å². The predicted octanol–water partition coefficient (Wildman–Crippen LogP) is 1.08. The Morgan fingerprint density at radius 3 is 2.78 bits per heavy atom. The second kappa shape index (κ2) is 3.82. The second-order valence-corrected chi connectivity index (χ2v) is 4.03. The Morgan fingerprint density at radius 2 is 2.00 bits per heavy atom. The minimum absolute atomic E-state index is 0.0188. The molecule has 0 aliphatic carbocycles. The van der Waals surface area contributed by atoms with E-state index in [1.165, 1.54) is 0 Å². The van der Waals surface area contributed by atoms with Crippen molar-refractivity contribution in [3.63, 3.8) is 0 Å². The molecule has 0 saturated carbocycles. The number of fused-ring (bicyclic) bond motifs is 3. The van der Waals surface area contributed by atoms with E-state index in [0.717, 1.165) is 15.3 Å². The van der Waals surface area contributed by atoms with E-state index >= 15 is 0 Å². The topological polar surface area (TPSA) is 81.1 Å². The van der Waals surface area contributed by atoms with Crippen molar-refractivity contribution in [3.05, 3.63) is 46.8 Å². The van der Waals surface area contributed by atoms with Crippen LogP contribution in [0.25, 0.3) is 21.7 Å². The molecule has 0 fully saturated rings. The zero-order valence-electron chi connectivity index (χ0n) is 9.50. The normalized spacial score (nSPS) is 11.2. The van der Waals surface area contributed by atoms with E-state index in [9.17, 15) is 9.90 Å². The monoisotopic (exact) mass is 241 g/mol. The summed E-state index contributed by atoms with van der Waals surface area (Å²) in [6.07, 6.45) is 0. The van der Waals surface area contributed by atoms with Crippen molar-refractivity contribution in [2.24, 2.45) is 0 Å². The first kappa shape index (κ1) is 10.7. The van der Waals surface area contributed by atoms with Crippen LogP contribution in [0.15, 0.2) is 41.2 Å². The summed E-state index contributed by atoms with van der Waals surface area (Å²) in [6, 6.07) is 11.2. The molecule has 0 unspecified atom stereocenters. The third kappa shape index (κ3) is 1.38. The highest BCUT2D eigenvalue weighted by atomic mass is 16.3. The molecular weight excluding hydrogens is 230 g/mol. The Bertz CT molecular complexity index is 808. The molecule has 0 atom stereocenters. The number of benzene rings is 2. The Morgan fingerprint density at radius 1 is 1.22 bits per heavy atom. The van der Waals surface area contributed by atoms with E-state index in [0.29, 0.717) is 10.9 Å². The van der Waals surface area contributed by atoms with E-state index in [1.807, 2.05) is 30.3 Å². The van der Waals surface area contributed by atoms with Crippen molar-refractivity contribution in [1.82, 2.24) is 9.55 Å². The molecule has 18 heavy (non-hydrogen) atoms. The van der Waals surface area contributed by atoms with Crippen LogP contribution < -0.4 is 11.3 Å². The van der Waals surface area contributed by atoms with Gasteiger partial charge in [0.15, 0.2) is 0 Å². The van der Waals surface area contributed by atoms with Gasteiger partial charge in [0.2, 0.25) is 5.95 Å². The summed E-state index contributed by atoms with van der Waals surface area (Å²) in [5, 5.41) is 11.4. The van der Waals surface area contributed by atoms with Crippen molar-refractivity contribution in [2.75, 3.05) is 5.73 Å². The van der Waals surface area contributed by atoms with Crippen molar-refractivity contribution in [1.29, 1.82) is 0 Å². The Kier molecular flexibility index (Phi) is 2.28. The number of aliphatic hydroxyl groups excluding tert-OH is 1. The lowest BCUT2D eigenvalue weighted by atomic mass is 10.1. The number of nitrogen functional groups attached to an aromatic ring is 1. The molecule has 3 aromatic rings. The predicted molar refractivity (Wildman–Crippen MR) is 70.1 cm³/mol. The summed E-state index contributed by atoms with van der Waals surface area (Å²) >= 11 is 0. The molecule has 0 spiro atoms. The average molecular weight is 241 g/mol. The highest BCUT2D eigenvalue weighted by molar-refractivity contribution is 6.05. The van der Waals surface area contributed by atoms with Gasteiger partial charge >= 0.3 is 0 Å². The number of rotatable bonds is 1. The third-order valence-electron chi connectivity index (χ3n) is 3.02. The molecule has 0 amide bonds. The lowest BCUT2D eigenvalue weighted by Crippen LogP contribution is -2.24. The van der Waals surface area contributed by atoms with Crippen LogP contribution in [0.4, 0.5) is 5.95 Å². The Balaban J connectivity index is 2.61. The lowest BCUT2D eigenvalue weighted by molar-refractivity contribution is 0.208. The van der Waals surface area contributed by atoms with Crippen molar-refractivity contribution in [3.8, 4) is 0 Å². The van der Waals surface area contributed by atoms with Gasteiger partial charge in [-0.25, -0.2) is 4.98 Å². The summed E-state index contributed by atoms with van der Waals surface area (Å²) in [6.45, 7) is -0.475. The molecule has 3 rings (SSSR count). The second-order valence-electron chi connectivity index (χ2n) is 4.03. The van der Waals surface area contributed by atoms with Gasteiger partial charge in [0.25, 0.3) is 5.56 Å². The van der Waals surface area contributed by atoms with Gasteiger partial charge < -0.3 is 10.8 Å². The summed E-state index contributed by atoms with van der Waals surface area (Å²) < 4.78 is 1.05. The number of nitrogens with two attached hydrogens (primary N) is 1. The van der Waals surface area contributed by atoms with Gasteiger partial charge in [-0.15, -0.1) is 0 Å². The quantitative estimate of drug-likeness (QED) is 0.625. The van der Waals surface area contributed by atoms with Crippen molar-refractivity contribution < 1.29 is 5.11 Å². The molecular formula is C13H11N3O2. The van der Waals surface area contributed by atoms with Crippen LogP contribution in [0.1, 0.15) is 0 Å². The van der Waals surface area contributed by atoms with Gasteiger partial charge in [0, 0.05) is 0 Å². The zero-order valence-corrected chi connectivity index (χ0v) is 9.50. The summed E-state index contributed by atoms with van der Waals surface area (Å²) in [7, 11) is 0. The molecule has 0 radical (unpaired) electrons. The number of nitrogens with zero attached hydrogens (tertiary/aromatic N) is 2. The van der Waals surface area contributed by atoms with Gasteiger partial charge in [-0.3, -0.25) is 9.36 Å². The van der Waals surface area contributed by atoms with Crippen molar-refractivity contribution >= 4 is 27.6 Å². The van der Waals surface area contributed by atoms with E-state index in [1.54, 1.807) is 6.07 Å². The Hall–Kier alpha value is -2.40. The fourth-order valence-corrected chi connectivity index (χ4v) is 2.14. The van der Waals surface area contributed by atoms with Crippen LogP contribution in [-0.4, -0.2) is 14.7 Å². The fraction of sp³-hybridized carbons (Fsp3) is 0.0769. The first-order valence-electron chi connectivity index (χ1n) is 5.51. The molecule has 5 nitrogen and oxygen atoms in total. The molecule has 3 N–H and O–H groups in total. The smallest absolute Gasteiger partial charge is 0.265 e. The molecule has 1 heterocycles. The minimum Gasteiger partial charge on any atom is -0.376 e. The summed E-state index contributed by atoms with van der Waals surface area (Å²) in [5.41, 5.74) is 5.85. The van der Waals surface area contributed by atoms with Crippen LogP contribution in [-0.2, 0) is 6.73 Å². The summed E-state index contributed by atoms with van der Waals surface area (Å²) in [5.74, 6) is 0.0188. The number of hydrogen-bond acceptors (Lipinski definition) is 4. The maximum Gasteiger partial charge on any atom is 0.265 e. The maximum absolute atomic E-state index is 12.3. The fourth-order valence-electron chi connectivity index (χ4n) is 2.14. The van der Waals surface area contributed by atoms with Crippen LogP contribution in [0.5, 0.6) is 0 Å². The van der Waals surface area contributed by atoms with Crippen LogP contribution in [0.3, 0.4) is 0 Å². The molecule has 0 bridgehead atoms. The maximum atomic E-state index is 12.3. The molecule has 0 aliphatic heterocycles. The number of hydrogen-bond donors (Lipinski definition) is 2. The SMILES string of the molecule is Nc1nc2ccc3ccccc3c2c(=O)n1CO. The number of aliphatic hydroxyl groups is 1. The third-order valence-corrected chi connectivity index (χ3v) is 3.02. The average Bonchev–Trinajstić information content (AvgIpc) is 2.38. The molecule has 1 aromatic heterocycles. The standard InChI is InChI=1S/C13H11N3O2/c14-13-15-10-6-5-8-3-1-2-4-9(8)11(10)12(18)16(13)7-17/h1-6,17H,7H2,(H2,14,15). The number of anilines is 1. The van der Waals surface area contributed by atoms with Gasteiger partial charge in [-0.1, -0.05) is 30.3 Å². The van der Waals surface area contributed by atoms with E-state index in [2.05, 4.69) is 4.98 Å². The van der Waals surface area contributed by atoms with E-state index in [-0.39, 0.29) is 11.5 Å². The number of aromatic nitrogens is 2. The largest absolute Gasteiger partial charge is 0.376 e. The van der Waals surface area contributed by atoms with Crippen molar-refractivity contribution in [2.45, 2.75) is 6.73 Å².